The highest BCUT2D eigenvalue weighted by Crippen LogP contribution is 2.20. The second kappa shape index (κ2) is 5.91. The Labute approximate surface area is 114 Å². The largest absolute Gasteiger partial charge is 0.346 e. The van der Waals surface area contributed by atoms with Crippen LogP contribution >= 0.6 is 12.2 Å². The molecule has 0 aromatic carbocycles. The fourth-order valence-corrected chi connectivity index (χ4v) is 2.68. The van der Waals surface area contributed by atoms with Crippen LogP contribution in [0.4, 0.5) is 0 Å². The Morgan fingerprint density at radius 1 is 1.44 bits per heavy atom. The summed E-state index contributed by atoms with van der Waals surface area (Å²) in [6.45, 7) is 5.39. The summed E-state index contributed by atoms with van der Waals surface area (Å²) in [4.78, 5) is 12.7. The van der Waals surface area contributed by atoms with Gasteiger partial charge < -0.3 is 9.88 Å². The first kappa shape index (κ1) is 13.6. The van der Waals surface area contributed by atoms with Crippen molar-refractivity contribution < 1.29 is 0 Å². The minimum absolute atomic E-state index is 0.311. The zero-order valence-corrected chi connectivity index (χ0v) is 12.3. The van der Waals surface area contributed by atoms with E-state index in [2.05, 4.69) is 40.8 Å². The standard InChI is InChI=1S/C13H22N4S/c1-4-10-8-12(18)15-13(14-10)11-9-16(2)6-5-7-17(11)3/h8,11H,4-7,9H2,1-3H3,(H,14,15,18). The molecule has 1 N–H and O–H groups in total. The van der Waals surface area contributed by atoms with Crippen molar-refractivity contribution in [1.82, 2.24) is 19.8 Å². The predicted molar refractivity (Wildman–Crippen MR) is 76.3 cm³/mol. The lowest BCUT2D eigenvalue weighted by Gasteiger charge is -2.26. The van der Waals surface area contributed by atoms with Gasteiger partial charge in [0.2, 0.25) is 0 Å². The smallest absolute Gasteiger partial charge is 0.130 e. The monoisotopic (exact) mass is 266 g/mol. The lowest BCUT2D eigenvalue weighted by Crippen LogP contribution is -2.32. The summed E-state index contributed by atoms with van der Waals surface area (Å²) in [7, 11) is 4.34. The minimum Gasteiger partial charge on any atom is -0.346 e. The van der Waals surface area contributed by atoms with Crippen LogP contribution < -0.4 is 0 Å². The van der Waals surface area contributed by atoms with Gasteiger partial charge in [0.25, 0.3) is 0 Å². The molecule has 1 atom stereocenters. The van der Waals surface area contributed by atoms with Crippen molar-refractivity contribution in [2.24, 2.45) is 0 Å². The highest BCUT2D eigenvalue weighted by molar-refractivity contribution is 7.71. The van der Waals surface area contributed by atoms with Gasteiger partial charge in [-0.05, 0) is 46.1 Å². The molecule has 0 bridgehead atoms. The van der Waals surface area contributed by atoms with Crippen molar-refractivity contribution in [3.63, 3.8) is 0 Å². The SMILES string of the molecule is CCc1cc(=S)nc(C2CN(C)CCCN2C)[nH]1. The molecule has 0 amide bonds. The average molecular weight is 266 g/mol. The summed E-state index contributed by atoms with van der Waals surface area (Å²) in [6.07, 6.45) is 2.17. The van der Waals surface area contributed by atoms with Gasteiger partial charge in [0.05, 0.1) is 6.04 Å². The summed E-state index contributed by atoms with van der Waals surface area (Å²) >= 11 is 5.26. The maximum Gasteiger partial charge on any atom is 0.130 e. The Hall–Kier alpha value is -0.780. The number of hydrogen-bond acceptors (Lipinski definition) is 4. The Morgan fingerprint density at radius 3 is 2.94 bits per heavy atom. The lowest BCUT2D eigenvalue weighted by atomic mass is 10.2. The molecule has 1 aliphatic rings. The van der Waals surface area contributed by atoms with Crippen molar-refractivity contribution in [3.8, 4) is 0 Å². The molecule has 2 heterocycles. The maximum atomic E-state index is 5.26. The number of aromatic amines is 1. The Morgan fingerprint density at radius 2 is 2.22 bits per heavy atom. The molecule has 5 heteroatoms. The van der Waals surface area contributed by atoms with E-state index in [9.17, 15) is 0 Å². The first-order valence-electron chi connectivity index (χ1n) is 6.59. The number of likely N-dealkylation sites (N-methyl/N-ethyl adjacent to an activating group) is 2. The van der Waals surface area contributed by atoms with Gasteiger partial charge in [-0.25, -0.2) is 4.98 Å². The molecule has 18 heavy (non-hydrogen) atoms. The number of nitrogens with one attached hydrogen (secondary N) is 1. The molecule has 100 valence electrons. The highest BCUT2D eigenvalue weighted by Gasteiger charge is 2.23. The van der Waals surface area contributed by atoms with Crippen molar-refractivity contribution in [2.45, 2.75) is 25.8 Å². The van der Waals surface area contributed by atoms with Crippen LogP contribution in [-0.4, -0.2) is 53.5 Å². The van der Waals surface area contributed by atoms with Crippen LogP contribution in [0, 0.1) is 4.64 Å². The van der Waals surface area contributed by atoms with Crippen LogP contribution in [0.3, 0.4) is 0 Å². The van der Waals surface area contributed by atoms with Crippen LogP contribution in [0.15, 0.2) is 6.07 Å². The first-order chi connectivity index (χ1) is 8.60. The van der Waals surface area contributed by atoms with E-state index in [1.54, 1.807) is 0 Å². The van der Waals surface area contributed by atoms with Crippen molar-refractivity contribution >= 4 is 12.2 Å². The van der Waals surface area contributed by atoms with Crippen LogP contribution in [0.2, 0.25) is 0 Å². The number of nitrogens with zero attached hydrogens (tertiary/aromatic N) is 3. The van der Waals surface area contributed by atoms with E-state index >= 15 is 0 Å². The molecule has 1 aromatic rings. The van der Waals surface area contributed by atoms with Crippen molar-refractivity contribution in [1.29, 1.82) is 0 Å². The Kier molecular flexibility index (Phi) is 4.48. The summed E-state index contributed by atoms with van der Waals surface area (Å²) in [5.41, 5.74) is 1.17. The third-order valence-electron chi connectivity index (χ3n) is 3.58. The van der Waals surface area contributed by atoms with Gasteiger partial charge in [0.1, 0.15) is 10.5 Å². The number of H-pyrrole nitrogens is 1. The fourth-order valence-electron chi connectivity index (χ4n) is 2.44. The molecule has 0 spiro atoms. The summed E-state index contributed by atoms with van der Waals surface area (Å²) < 4.78 is 0.695. The topological polar surface area (TPSA) is 35.2 Å². The molecular formula is C13H22N4S. The van der Waals surface area contributed by atoms with Gasteiger partial charge in [0, 0.05) is 12.2 Å². The van der Waals surface area contributed by atoms with Crippen molar-refractivity contribution in [3.05, 3.63) is 22.2 Å². The average Bonchev–Trinajstić information content (AvgIpc) is 2.50. The Bertz CT molecular complexity index is 457. The van der Waals surface area contributed by atoms with Crippen LogP contribution in [-0.2, 0) is 6.42 Å². The third kappa shape index (κ3) is 3.16. The van der Waals surface area contributed by atoms with E-state index in [0.717, 1.165) is 31.9 Å². The summed E-state index contributed by atoms with van der Waals surface area (Å²) in [5.74, 6) is 1.01. The van der Waals surface area contributed by atoms with E-state index in [1.165, 1.54) is 12.1 Å². The van der Waals surface area contributed by atoms with Gasteiger partial charge in [-0.3, -0.25) is 4.90 Å². The van der Waals surface area contributed by atoms with Gasteiger partial charge in [-0.1, -0.05) is 19.1 Å². The van der Waals surface area contributed by atoms with Crippen LogP contribution in [0.5, 0.6) is 0 Å². The molecule has 4 nitrogen and oxygen atoms in total. The van der Waals surface area contributed by atoms with Crippen LogP contribution in [0.25, 0.3) is 0 Å². The van der Waals surface area contributed by atoms with Crippen molar-refractivity contribution in [2.75, 3.05) is 33.7 Å². The fraction of sp³-hybridized carbons (Fsp3) is 0.692. The Balaban J connectivity index is 2.32. The van der Waals surface area contributed by atoms with E-state index in [1.807, 2.05) is 6.07 Å². The molecule has 1 saturated heterocycles. The molecule has 1 unspecified atom stereocenters. The molecule has 1 aromatic heterocycles. The molecule has 0 radical (unpaired) electrons. The second-order valence-corrected chi connectivity index (χ2v) is 5.51. The maximum absolute atomic E-state index is 5.26. The molecule has 0 saturated carbocycles. The van der Waals surface area contributed by atoms with E-state index in [0.29, 0.717) is 10.7 Å². The number of aromatic nitrogens is 2. The molecule has 2 rings (SSSR count). The van der Waals surface area contributed by atoms with E-state index in [4.69, 9.17) is 12.2 Å². The summed E-state index contributed by atoms with van der Waals surface area (Å²) in [6, 6.07) is 2.27. The van der Waals surface area contributed by atoms with Gasteiger partial charge in [-0.2, -0.15) is 0 Å². The predicted octanol–water partition coefficient (Wildman–Crippen LogP) is 2.01. The van der Waals surface area contributed by atoms with E-state index < -0.39 is 0 Å². The lowest BCUT2D eigenvalue weighted by molar-refractivity contribution is 0.219. The molecular weight excluding hydrogens is 244 g/mol. The second-order valence-electron chi connectivity index (χ2n) is 5.10. The summed E-state index contributed by atoms with van der Waals surface area (Å²) in [5, 5.41) is 0. The van der Waals surface area contributed by atoms with Gasteiger partial charge >= 0.3 is 0 Å². The van der Waals surface area contributed by atoms with E-state index in [-0.39, 0.29) is 0 Å². The van der Waals surface area contributed by atoms with Gasteiger partial charge in [0.15, 0.2) is 0 Å². The minimum atomic E-state index is 0.311. The van der Waals surface area contributed by atoms with Gasteiger partial charge in [-0.15, -0.1) is 0 Å². The molecule has 0 aliphatic carbocycles. The zero-order valence-electron chi connectivity index (χ0n) is 11.4. The zero-order chi connectivity index (χ0) is 13.1. The van der Waals surface area contributed by atoms with Crippen LogP contribution in [0.1, 0.15) is 30.9 Å². The quantitative estimate of drug-likeness (QED) is 0.831. The highest BCUT2D eigenvalue weighted by atomic mass is 32.1. The first-order valence-corrected chi connectivity index (χ1v) is 7.00. The third-order valence-corrected chi connectivity index (χ3v) is 3.79. The molecule has 1 aliphatic heterocycles. The number of aryl methyl sites for hydroxylation is 1. The number of hydrogen-bond donors (Lipinski definition) is 1. The number of rotatable bonds is 2. The molecule has 1 fully saturated rings. The normalized spacial score (nSPS) is 22.9.